The van der Waals surface area contributed by atoms with Crippen molar-refractivity contribution in [3.8, 4) is 5.75 Å². The molecule has 0 fully saturated rings. The molecule has 1 amide bonds. The van der Waals surface area contributed by atoms with E-state index in [9.17, 15) is 13.2 Å². The monoisotopic (exact) mass is 319 g/mol. The molecule has 20 heavy (non-hydrogen) atoms. The van der Waals surface area contributed by atoms with Gasteiger partial charge in [0.25, 0.3) is 15.0 Å². The Morgan fingerprint density at radius 3 is 2.60 bits per heavy atom. The number of amides is 1. The lowest BCUT2D eigenvalue weighted by molar-refractivity contribution is 0.0938. The quantitative estimate of drug-likeness (QED) is 0.818. The molecule has 1 atom stereocenters. The highest BCUT2D eigenvalue weighted by atomic mass is 35.7. The molecule has 1 aromatic carbocycles. The maximum absolute atomic E-state index is 12.0. The summed E-state index contributed by atoms with van der Waals surface area (Å²) in [5.74, 6) is -0.228. The Morgan fingerprint density at radius 2 is 2.10 bits per heavy atom. The van der Waals surface area contributed by atoms with E-state index in [1.54, 1.807) is 0 Å². The zero-order valence-corrected chi connectivity index (χ0v) is 13.2. The van der Waals surface area contributed by atoms with E-state index in [0.717, 1.165) is 12.8 Å². The molecular weight excluding hydrogens is 302 g/mol. The molecule has 0 heterocycles. The summed E-state index contributed by atoms with van der Waals surface area (Å²) in [5, 5.41) is 2.80. The summed E-state index contributed by atoms with van der Waals surface area (Å²) in [4.78, 5) is 11.8. The van der Waals surface area contributed by atoms with Gasteiger partial charge in [0, 0.05) is 22.3 Å². The first-order valence-corrected chi connectivity index (χ1v) is 8.54. The van der Waals surface area contributed by atoms with Gasteiger partial charge in [-0.2, -0.15) is 0 Å². The molecule has 1 aromatic rings. The van der Waals surface area contributed by atoms with Crippen LogP contribution in [-0.4, -0.2) is 27.5 Å². The summed E-state index contributed by atoms with van der Waals surface area (Å²) in [7, 11) is 2.70. The van der Waals surface area contributed by atoms with E-state index in [1.807, 2.05) is 13.8 Å². The first-order chi connectivity index (χ1) is 9.29. The summed E-state index contributed by atoms with van der Waals surface area (Å²) in [5.41, 5.74) is 0.230. The van der Waals surface area contributed by atoms with E-state index in [4.69, 9.17) is 15.4 Å². The fourth-order valence-electron chi connectivity index (χ4n) is 1.82. The van der Waals surface area contributed by atoms with E-state index in [-0.39, 0.29) is 28.2 Å². The number of halogens is 1. The van der Waals surface area contributed by atoms with Gasteiger partial charge in [-0.05, 0) is 31.5 Å². The van der Waals surface area contributed by atoms with Crippen molar-refractivity contribution >= 4 is 25.6 Å². The molecule has 0 spiro atoms. The average Bonchev–Trinajstić information content (AvgIpc) is 2.37. The zero-order valence-electron chi connectivity index (χ0n) is 11.6. The Bertz CT molecular complexity index is 586. The van der Waals surface area contributed by atoms with Gasteiger partial charge < -0.3 is 10.1 Å². The zero-order chi connectivity index (χ0) is 15.3. The largest absolute Gasteiger partial charge is 0.495 e. The molecule has 0 aromatic heterocycles. The Kier molecular flexibility index (Phi) is 5.83. The number of benzene rings is 1. The highest BCUT2D eigenvalue weighted by Crippen LogP contribution is 2.27. The molecule has 5 nitrogen and oxygen atoms in total. The number of carbonyl (C=O) groups excluding carboxylic acids is 1. The van der Waals surface area contributed by atoms with Crippen molar-refractivity contribution in [3.63, 3.8) is 0 Å². The van der Waals surface area contributed by atoms with Gasteiger partial charge in [-0.1, -0.05) is 13.3 Å². The molecule has 0 radical (unpaired) electrons. The molecule has 7 heteroatoms. The molecule has 0 bridgehead atoms. The summed E-state index contributed by atoms with van der Waals surface area (Å²) in [6.07, 6.45) is 1.80. The molecule has 1 N–H and O–H groups in total. The van der Waals surface area contributed by atoms with Crippen LogP contribution in [0.25, 0.3) is 0 Å². The number of nitrogens with one attached hydrogen (secondary N) is 1. The molecule has 1 unspecified atom stereocenters. The highest BCUT2D eigenvalue weighted by Gasteiger charge is 2.19. The minimum atomic E-state index is -3.97. The van der Waals surface area contributed by atoms with Gasteiger partial charge in [0.2, 0.25) is 0 Å². The maximum Gasteiger partial charge on any atom is 0.265 e. The SMILES string of the molecule is CCCC(C)NC(=O)c1ccc(OC)c(S(=O)(=O)Cl)c1. The van der Waals surface area contributed by atoms with Crippen LogP contribution in [0, 0.1) is 0 Å². The van der Waals surface area contributed by atoms with E-state index in [2.05, 4.69) is 5.32 Å². The fourth-order valence-corrected chi connectivity index (χ4v) is 2.84. The Morgan fingerprint density at radius 1 is 1.45 bits per heavy atom. The van der Waals surface area contributed by atoms with Crippen LogP contribution in [0.2, 0.25) is 0 Å². The third-order valence-corrected chi connectivity index (χ3v) is 4.13. The van der Waals surface area contributed by atoms with Crippen LogP contribution in [0.5, 0.6) is 5.75 Å². The minimum Gasteiger partial charge on any atom is -0.495 e. The molecule has 0 saturated heterocycles. The van der Waals surface area contributed by atoms with Gasteiger partial charge >= 0.3 is 0 Å². The van der Waals surface area contributed by atoms with Crippen molar-refractivity contribution in [2.24, 2.45) is 0 Å². The number of ether oxygens (including phenoxy) is 1. The average molecular weight is 320 g/mol. The molecule has 0 aliphatic heterocycles. The van der Waals surface area contributed by atoms with Crippen LogP contribution in [0.3, 0.4) is 0 Å². The molecular formula is C13H18ClNO4S. The normalized spacial score (nSPS) is 12.8. The Hall–Kier alpha value is -1.27. The van der Waals surface area contributed by atoms with Gasteiger partial charge in [0.1, 0.15) is 10.6 Å². The van der Waals surface area contributed by atoms with Crippen LogP contribution < -0.4 is 10.1 Å². The maximum atomic E-state index is 12.0. The second-order valence-electron chi connectivity index (χ2n) is 4.47. The third-order valence-electron chi connectivity index (χ3n) is 2.79. The molecule has 0 aliphatic rings. The first kappa shape index (κ1) is 16.8. The smallest absolute Gasteiger partial charge is 0.265 e. The van der Waals surface area contributed by atoms with Crippen LogP contribution in [0.1, 0.15) is 37.0 Å². The standard InChI is InChI=1S/C13H18ClNO4S/c1-4-5-9(2)15-13(16)10-6-7-11(19-3)12(8-10)20(14,17)18/h6-9H,4-5H2,1-3H3,(H,15,16). The fraction of sp³-hybridized carbons (Fsp3) is 0.462. The summed E-state index contributed by atoms with van der Waals surface area (Å²) in [6, 6.07) is 4.15. The van der Waals surface area contributed by atoms with E-state index in [1.165, 1.54) is 25.3 Å². The second-order valence-corrected chi connectivity index (χ2v) is 7.00. The highest BCUT2D eigenvalue weighted by molar-refractivity contribution is 8.13. The van der Waals surface area contributed by atoms with Gasteiger partial charge in [-0.25, -0.2) is 8.42 Å². The summed E-state index contributed by atoms with van der Waals surface area (Å²) >= 11 is 0. The summed E-state index contributed by atoms with van der Waals surface area (Å²) in [6.45, 7) is 3.92. The van der Waals surface area contributed by atoms with Gasteiger partial charge in [0.05, 0.1) is 7.11 Å². The van der Waals surface area contributed by atoms with Crippen molar-refractivity contribution < 1.29 is 17.9 Å². The predicted octanol–water partition coefficient (Wildman–Crippen LogP) is 2.54. The van der Waals surface area contributed by atoms with E-state index >= 15 is 0 Å². The van der Waals surface area contributed by atoms with Crippen molar-refractivity contribution in [2.45, 2.75) is 37.6 Å². The molecule has 112 valence electrons. The molecule has 0 aliphatic carbocycles. The Labute approximate surface area is 123 Å². The van der Waals surface area contributed by atoms with Crippen molar-refractivity contribution in [1.29, 1.82) is 0 Å². The first-order valence-electron chi connectivity index (χ1n) is 6.23. The lowest BCUT2D eigenvalue weighted by atomic mass is 10.1. The van der Waals surface area contributed by atoms with Crippen LogP contribution in [-0.2, 0) is 9.05 Å². The van der Waals surface area contributed by atoms with Crippen molar-refractivity contribution in [3.05, 3.63) is 23.8 Å². The lowest BCUT2D eigenvalue weighted by Gasteiger charge is -2.13. The topological polar surface area (TPSA) is 72.5 Å². The molecule has 1 rings (SSSR count). The van der Waals surface area contributed by atoms with Gasteiger partial charge in [0.15, 0.2) is 0 Å². The van der Waals surface area contributed by atoms with Crippen molar-refractivity contribution in [2.75, 3.05) is 7.11 Å². The van der Waals surface area contributed by atoms with E-state index < -0.39 is 9.05 Å². The number of hydrogen-bond acceptors (Lipinski definition) is 4. The minimum absolute atomic E-state index is 0.0191. The van der Waals surface area contributed by atoms with Crippen LogP contribution in [0.15, 0.2) is 23.1 Å². The number of rotatable bonds is 6. The Balaban J connectivity index is 3.06. The lowest BCUT2D eigenvalue weighted by Crippen LogP contribution is -2.32. The van der Waals surface area contributed by atoms with Crippen LogP contribution >= 0.6 is 10.7 Å². The number of hydrogen-bond donors (Lipinski definition) is 1. The van der Waals surface area contributed by atoms with Gasteiger partial charge in [-0.3, -0.25) is 4.79 Å². The number of methoxy groups -OCH3 is 1. The third kappa shape index (κ3) is 4.38. The summed E-state index contributed by atoms with van der Waals surface area (Å²) < 4.78 is 27.9. The van der Waals surface area contributed by atoms with Crippen LogP contribution in [0.4, 0.5) is 0 Å². The van der Waals surface area contributed by atoms with E-state index in [0.29, 0.717) is 0 Å². The van der Waals surface area contributed by atoms with Crippen molar-refractivity contribution in [1.82, 2.24) is 5.32 Å². The predicted molar refractivity (Wildman–Crippen MR) is 77.9 cm³/mol. The van der Waals surface area contributed by atoms with Gasteiger partial charge in [-0.15, -0.1) is 0 Å². The molecule has 0 saturated carbocycles. The number of carbonyl (C=O) groups is 1. The second kappa shape index (κ2) is 6.95.